The van der Waals surface area contributed by atoms with Crippen molar-refractivity contribution in [2.24, 2.45) is 0 Å². The minimum Gasteiger partial charge on any atom is -0.446 e. The maximum Gasteiger partial charge on any atom is 0.411 e. The Morgan fingerprint density at radius 3 is 2.79 bits per heavy atom. The molecule has 0 amide bonds. The lowest BCUT2D eigenvalue weighted by molar-refractivity contribution is -0.173. The normalized spacial score (nSPS) is 12.0. The first-order valence-electron chi connectivity index (χ1n) is 6.30. The third kappa shape index (κ3) is 7.84. The van der Waals surface area contributed by atoms with Gasteiger partial charge in [-0.3, -0.25) is 0 Å². The summed E-state index contributed by atoms with van der Waals surface area (Å²) in [5, 5.41) is 3.21. The molecule has 0 aliphatic rings. The highest BCUT2D eigenvalue weighted by Crippen LogP contribution is 2.14. The molecule has 0 radical (unpaired) electrons. The van der Waals surface area contributed by atoms with Crippen LogP contribution in [0.4, 0.5) is 13.2 Å². The molecule has 0 unspecified atom stereocenters. The van der Waals surface area contributed by atoms with E-state index in [1.54, 1.807) is 0 Å². The summed E-state index contributed by atoms with van der Waals surface area (Å²) < 4.78 is 45.3. The van der Waals surface area contributed by atoms with E-state index in [9.17, 15) is 13.2 Å². The number of alkyl halides is 3. The molecular weight excluding hydrogens is 261 g/mol. The van der Waals surface area contributed by atoms with Crippen LogP contribution in [0.15, 0.2) is 10.6 Å². The number of aromatic nitrogens is 1. The first kappa shape index (κ1) is 16.0. The lowest BCUT2D eigenvalue weighted by Crippen LogP contribution is -2.18. The van der Waals surface area contributed by atoms with E-state index in [2.05, 4.69) is 22.0 Å². The van der Waals surface area contributed by atoms with E-state index in [0.29, 0.717) is 24.5 Å². The summed E-state index contributed by atoms with van der Waals surface area (Å²) in [6.45, 7) is 2.55. The lowest BCUT2D eigenvalue weighted by atomic mass is 10.4. The molecule has 0 aliphatic heterocycles. The predicted octanol–water partition coefficient (Wildman–Crippen LogP) is 2.34. The second kappa shape index (κ2) is 8.16. The zero-order valence-corrected chi connectivity index (χ0v) is 10.9. The Labute approximate surface area is 110 Å². The van der Waals surface area contributed by atoms with Crippen LogP contribution in [0.2, 0.25) is 0 Å². The average Bonchev–Trinajstić information content (AvgIpc) is 2.77. The number of oxazole rings is 1. The summed E-state index contributed by atoms with van der Waals surface area (Å²) in [4.78, 5) is 4.06. The average molecular weight is 280 g/mol. The highest BCUT2D eigenvalue weighted by molar-refractivity contribution is 4.94. The van der Waals surface area contributed by atoms with Crippen molar-refractivity contribution in [1.82, 2.24) is 10.3 Å². The van der Waals surface area contributed by atoms with E-state index in [0.717, 1.165) is 19.5 Å². The van der Waals surface area contributed by atoms with Crippen LogP contribution < -0.4 is 5.32 Å². The van der Waals surface area contributed by atoms with Crippen molar-refractivity contribution in [3.8, 4) is 0 Å². The first-order chi connectivity index (χ1) is 9.01. The molecule has 1 heterocycles. The molecule has 0 bridgehead atoms. The third-order valence-electron chi connectivity index (χ3n) is 2.30. The van der Waals surface area contributed by atoms with Gasteiger partial charge in [0.15, 0.2) is 5.89 Å². The van der Waals surface area contributed by atoms with Gasteiger partial charge in [-0.05, 0) is 13.0 Å². The van der Waals surface area contributed by atoms with Gasteiger partial charge in [0, 0.05) is 19.4 Å². The van der Waals surface area contributed by atoms with Gasteiger partial charge in [0.05, 0.1) is 12.8 Å². The van der Waals surface area contributed by atoms with E-state index < -0.39 is 12.8 Å². The molecule has 1 aromatic heterocycles. The van der Waals surface area contributed by atoms with Gasteiger partial charge in [-0.2, -0.15) is 13.2 Å². The number of rotatable bonds is 9. The van der Waals surface area contributed by atoms with Gasteiger partial charge in [-0.1, -0.05) is 6.92 Å². The van der Waals surface area contributed by atoms with Crippen LogP contribution in [0.3, 0.4) is 0 Å². The van der Waals surface area contributed by atoms with E-state index in [1.165, 1.54) is 6.20 Å². The van der Waals surface area contributed by atoms with Gasteiger partial charge in [0.25, 0.3) is 0 Å². The van der Waals surface area contributed by atoms with Crippen LogP contribution in [0.5, 0.6) is 0 Å². The maximum absolute atomic E-state index is 11.8. The van der Waals surface area contributed by atoms with E-state index in [-0.39, 0.29) is 6.61 Å². The smallest absolute Gasteiger partial charge is 0.411 e. The summed E-state index contributed by atoms with van der Waals surface area (Å²) in [6, 6.07) is 0. The number of nitrogens with one attached hydrogen (secondary N) is 1. The predicted molar refractivity (Wildman–Crippen MR) is 63.9 cm³/mol. The van der Waals surface area contributed by atoms with Gasteiger partial charge in [-0.15, -0.1) is 0 Å². The van der Waals surface area contributed by atoms with E-state index >= 15 is 0 Å². The zero-order chi connectivity index (χ0) is 14.1. The fraction of sp³-hybridized carbons (Fsp3) is 0.750. The maximum atomic E-state index is 11.8. The number of nitrogens with zero attached hydrogens (tertiary/aromatic N) is 1. The Hall–Kier alpha value is -1.08. The first-order valence-corrected chi connectivity index (χ1v) is 6.30. The van der Waals surface area contributed by atoms with E-state index in [4.69, 9.17) is 4.42 Å². The van der Waals surface area contributed by atoms with Crippen molar-refractivity contribution in [3.63, 3.8) is 0 Å². The molecule has 0 aliphatic carbocycles. The second-order valence-corrected chi connectivity index (χ2v) is 4.14. The third-order valence-corrected chi connectivity index (χ3v) is 2.30. The van der Waals surface area contributed by atoms with Crippen molar-refractivity contribution in [3.05, 3.63) is 17.8 Å². The highest BCUT2D eigenvalue weighted by atomic mass is 19.4. The van der Waals surface area contributed by atoms with Crippen LogP contribution in [-0.4, -0.2) is 37.5 Å². The quantitative estimate of drug-likeness (QED) is 0.705. The molecule has 7 heteroatoms. The Morgan fingerprint density at radius 1 is 1.32 bits per heavy atom. The summed E-state index contributed by atoms with van der Waals surface area (Å²) in [6.07, 6.45) is -0.716. The van der Waals surface area contributed by atoms with Crippen molar-refractivity contribution >= 4 is 0 Å². The van der Waals surface area contributed by atoms with Crippen LogP contribution in [0.25, 0.3) is 0 Å². The van der Waals surface area contributed by atoms with Gasteiger partial charge in [-0.25, -0.2) is 4.98 Å². The molecule has 0 saturated carbocycles. The van der Waals surface area contributed by atoms with Crippen molar-refractivity contribution in [2.45, 2.75) is 32.4 Å². The van der Waals surface area contributed by atoms with Crippen molar-refractivity contribution < 1.29 is 22.3 Å². The highest BCUT2D eigenvalue weighted by Gasteiger charge is 2.27. The topological polar surface area (TPSA) is 47.3 Å². The van der Waals surface area contributed by atoms with Crippen molar-refractivity contribution in [1.29, 1.82) is 0 Å². The van der Waals surface area contributed by atoms with Gasteiger partial charge in [0.2, 0.25) is 0 Å². The molecule has 1 aromatic rings. The van der Waals surface area contributed by atoms with Gasteiger partial charge in [0.1, 0.15) is 12.4 Å². The molecule has 0 saturated heterocycles. The summed E-state index contributed by atoms with van der Waals surface area (Å²) in [7, 11) is 0. The molecule has 1 N–H and O–H groups in total. The lowest BCUT2D eigenvalue weighted by Gasteiger charge is -2.06. The van der Waals surface area contributed by atoms with Crippen LogP contribution in [0, 0.1) is 0 Å². The van der Waals surface area contributed by atoms with Crippen molar-refractivity contribution in [2.75, 3.05) is 26.3 Å². The number of hydrogen-bond donors (Lipinski definition) is 1. The zero-order valence-electron chi connectivity index (χ0n) is 10.9. The number of ether oxygens (including phenoxy) is 1. The molecule has 1 rings (SSSR count). The Bertz CT molecular complexity index is 353. The molecule has 4 nitrogen and oxygen atoms in total. The van der Waals surface area contributed by atoms with Gasteiger partial charge < -0.3 is 14.5 Å². The Morgan fingerprint density at radius 2 is 2.11 bits per heavy atom. The second-order valence-electron chi connectivity index (χ2n) is 4.14. The van der Waals surface area contributed by atoms with Crippen LogP contribution in [0.1, 0.15) is 25.0 Å². The largest absolute Gasteiger partial charge is 0.446 e. The minimum absolute atomic E-state index is 0.0256. The molecule has 0 atom stereocenters. The minimum atomic E-state index is -4.28. The fourth-order valence-corrected chi connectivity index (χ4v) is 1.44. The number of hydrogen-bond acceptors (Lipinski definition) is 4. The number of halogens is 3. The molecule has 0 fully saturated rings. The van der Waals surface area contributed by atoms with Gasteiger partial charge >= 0.3 is 6.18 Å². The molecule has 110 valence electrons. The van der Waals surface area contributed by atoms with E-state index in [1.807, 2.05) is 0 Å². The standard InChI is InChI=1S/C12H19F3N2O2/c1-2-5-16-6-3-11-17-8-10(19-11)4-7-18-9-12(13,14)15/h8,16H,2-7,9H2,1H3. The van der Waals surface area contributed by atoms with Crippen LogP contribution >= 0.6 is 0 Å². The SMILES string of the molecule is CCCNCCc1ncc(CCOCC(F)(F)F)o1. The molecule has 0 aromatic carbocycles. The monoisotopic (exact) mass is 280 g/mol. The van der Waals surface area contributed by atoms with Crippen LogP contribution in [-0.2, 0) is 17.6 Å². The summed E-state index contributed by atoms with van der Waals surface area (Å²) in [5.41, 5.74) is 0. The molecule has 0 spiro atoms. The Kier molecular flexibility index (Phi) is 6.86. The fourth-order valence-electron chi connectivity index (χ4n) is 1.44. The Balaban J connectivity index is 2.16. The molecule has 19 heavy (non-hydrogen) atoms. The molecular formula is C12H19F3N2O2. The summed E-state index contributed by atoms with van der Waals surface area (Å²) in [5.74, 6) is 1.14. The summed E-state index contributed by atoms with van der Waals surface area (Å²) >= 11 is 0.